The van der Waals surface area contributed by atoms with Gasteiger partial charge < -0.3 is 21.7 Å². The zero-order valence-corrected chi connectivity index (χ0v) is 11.9. The third kappa shape index (κ3) is 4.09. The van der Waals surface area contributed by atoms with E-state index in [2.05, 4.69) is 10.3 Å². The van der Waals surface area contributed by atoms with Crippen LogP contribution in [0.1, 0.15) is 29.9 Å². The number of nitrogen functional groups attached to an aromatic ring is 1. The van der Waals surface area contributed by atoms with Gasteiger partial charge in [0.15, 0.2) is 5.13 Å². The van der Waals surface area contributed by atoms with Crippen LogP contribution in [0.2, 0.25) is 0 Å². The van der Waals surface area contributed by atoms with Crippen molar-refractivity contribution < 1.29 is 9.59 Å². The lowest BCUT2D eigenvalue weighted by Crippen LogP contribution is -2.38. The number of nitrogens with two attached hydrogens (primary N) is 2. The molecule has 5 N–H and O–H groups in total. The highest BCUT2D eigenvalue weighted by Gasteiger charge is 2.22. The predicted molar refractivity (Wildman–Crippen MR) is 76.1 cm³/mol. The maximum absolute atomic E-state index is 12.2. The smallest absolute Gasteiger partial charge is 0.268 e. The largest absolute Gasteiger partial charge is 0.382 e. The summed E-state index contributed by atoms with van der Waals surface area (Å²) in [6, 6.07) is 0. The Morgan fingerprint density at radius 3 is 2.63 bits per heavy atom. The maximum Gasteiger partial charge on any atom is 0.268 e. The SMILES string of the molecule is CCCNc1nc(N)c(C(=O)N(CC)CC(N)=O)s1. The minimum Gasteiger partial charge on any atom is -0.382 e. The van der Waals surface area contributed by atoms with Gasteiger partial charge in [0.25, 0.3) is 5.91 Å². The summed E-state index contributed by atoms with van der Waals surface area (Å²) < 4.78 is 0. The summed E-state index contributed by atoms with van der Waals surface area (Å²) in [5, 5.41) is 3.68. The Labute approximate surface area is 116 Å². The number of thiazole rings is 1. The van der Waals surface area contributed by atoms with Crippen molar-refractivity contribution in [2.24, 2.45) is 5.73 Å². The molecule has 0 fully saturated rings. The van der Waals surface area contributed by atoms with E-state index in [1.807, 2.05) is 6.92 Å². The van der Waals surface area contributed by atoms with Crippen LogP contribution in [0.25, 0.3) is 0 Å². The fourth-order valence-electron chi connectivity index (χ4n) is 1.45. The van der Waals surface area contributed by atoms with Crippen LogP contribution in [0.4, 0.5) is 10.9 Å². The van der Waals surface area contributed by atoms with Gasteiger partial charge in [-0.25, -0.2) is 4.98 Å². The van der Waals surface area contributed by atoms with Crippen molar-refractivity contribution in [2.45, 2.75) is 20.3 Å². The van der Waals surface area contributed by atoms with Crippen molar-refractivity contribution in [1.29, 1.82) is 0 Å². The van der Waals surface area contributed by atoms with Gasteiger partial charge in [-0.15, -0.1) is 0 Å². The molecule has 0 aliphatic rings. The van der Waals surface area contributed by atoms with Crippen LogP contribution in [0.5, 0.6) is 0 Å². The maximum atomic E-state index is 12.2. The van der Waals surface area contributed by atoms with E-state index in [0.717, 1.165) is 13.0 Å². The van der Waals surface area contributed by atoms with Crippen molar-refractivity contribution in [3.05, 3.63) is 4.88 Å². The van der Waals surface area contributed by atoms with Crippen LogP contribution in [0.3, 0.4) is 0 Å². The molecule has 8 heteroatoms. The number of likely N-dealkylation sites (N-methyl/N-ethyl adjacent to an activating group) is 1. The fourth-order valence-corrected chi connectivity index (χ4v) is 2.33. The lowest BCUT2D eigenvalue weighted by Gasteiger charge is -2.17. The Morgan fingerprint density at radius 2 is 2.11 bits per heavy atom. The molecule has 1 aromatic rings. The topological polar surface area (TPSA) is 114 Å². The molecule has 0 aliphatic carbocycles. The number of carbonyl (C=O) groups is 2. The number of amides is 2. The molecule has 0 aliphatic heterocycles. The first-order chi connectivity index (χ1) is 8.99. The third-order valence-electron chi connectivity index (χ3n) is 2.39. The third-order valence-corrected chi connectivity index (χ3v) is 3.41. The Balaban J connectivity index is 2.85. The van der Waals surface area contributed by atoms with Gasteiger partial charge in [-0.2, -0.15) is 0 Å². The number of nitrogens with one attached hydrogen (secondary N) is 1. The average molecular weight is 285 g/mol. The minimum atomic E-state index is -0.553. The van der Waals surface area contributed by atoms with Crippen LogP contribution in [-0.4, -0.2) is 41.3 Å². The van der Waals surface area contributed by atoms with E-state index in [4.69, 9.17) is 11.5 Å². The number of hydrogen-bond acceptors (Lipinski definition) is 6. The van der Waals surface area contributed by atoms with Gasteiger partial charge in [0.05, 0.1) is 6.54 Å². The zero-order chi connectivity index (χ0) is 14.4. The minimum absolute atomic E-state index is 0.121. The molecule has 1 aromatic heterocycles. The van der Waals surface area contributed by atoms with Crippen molar-refractivity contribution >= 4 is 34.1 Å². The molecule has 106 valence electrons. The van der Waals surface area contributed by atoms with Gasteiger partial charge in [0.1, 0.15) is 10.7 Å². The van der Waals surface area contributed by atoms with Crippen molar-refractivity contribution in [3.63, 3.8) is 0 Å². The summed E-state index contributed by atoms with van der Waals surface area (Å²) in [6.07, 6.45) is 0.950. The Morgan fingerprint density at radius 1 is 1.42 bits per heavy atom. The van der Waals surface area contributed by atoms with Crippen LogP contribution >= 0.6 is 11.3 Å². The summed E-state index contributed by atoms with van der Waals surface area (Å²) in [6.45, 7) is 4.83. The molecule has 1 rings (SSSR count). The first-order valence-electron chi connectivity index (χ1n) is 6.07. The highest BCUT2D eigenvalue weighted by atomic mass is 32.1. The molecule has 0 spiro atoms. The van der Waals surface area contributed by atoms with Gasteiger partial charge in [0.2, 0.25) is 5.91 Å². The Hall–Kier alpha value is -1.83. The van der Waals surface area contributed by atoms with E-state index in [1.54, 1.807) is 6.92 Å². The standard InChI is InChI=1S/C11H19N5O2S/c1-3-5-14-11-15-9(13)8(19-11)10(18)16(4-2)6-7(12)17/h3-6,13H2,1-2H3,(H2,12,17)(H,14,15). The Bertz CT molecular complexity index is 460. The average Bonchev–Trinajstić information content (AvgIpc) is 2.73. The van der Waals surface area contributed by atoms with E-state index in [-0.39, 0.29) is 18.3 Å². The number of nitrogens with zero attached hydrogens (tertiary/aromatic N) is 2. The van der Waals surface area contributed by atoms with Gasteiger partial charge in [-0.05, 0) is 13.3 Å². The van der Waals surface area contributed by atoms with Crippen LogP contribution in [0, 0.1) is 0 Å². The molecular weight excluding hydrogens is 266 g/mol. The molecule has 2 amide bonds. The van der Waals surface area contributed by atoms with E-state index < -0.39 is 5.91 Å². The fraction of sp³-hybridized carbons (Fsp3) is 0.545. The van der Waals surface area contributed by atoms with E-state index >= 15 is 0 Å². The zero-order valence-electron chi connectivity index (χ0n) is 11.1. The highest BCUT2D eigenvalue weighted by molar-refractivity contribution is 7.18. The first-order valence-corrected chi connectivity index (χ1v) is 6.88. The molecule has 0 saturated carbocycles. The highest BCUT2D eigenvalue weighted by Crippen LogP contribution is 2.26. The van der Waals surface area contributed by atoms with Gasteiger partial charge in [-0.1, -0.05) is 18.3 Å². The molecule has 0 radical (unpaired) electrons. The van der Waals surface area contributed by atoms with Crippen molar-refractivity contribution in [3.8, 4) is 0 Å². The number of rotatable bonds is 7. The van der Waals surface area contributed by atoms with Crippen LogP contribution in [0.15, 0.2) is 0 Å². The lowest BCUT2D eigenvalue weighted by molar-refractivity contribution is -0.118. The predicted octanol–water partition coefficient (Wildman–Crippen LogP) is 0.495. The molecule has 1 heterocycles. The van der Waals surface area contributed by atoms with E-state index in [0.29, 0.717) is 16.6 Å². The van der Waals surface area contributed by atoms with E-state index in [9.17, 15) is 9.59 Å². The quantitative estimate of drug-likeness (QED) is 0.674. The lowest BCUT2D eigenvalue weighted by atomic mass is 10.4. The van der Waals surface area contributed by atoms with Gasteiger partial charge >= 0.3 is 0 Å². The molecule has 0 bridgehead atoms. The summed E-state index contributed by atoms with van der Waals surface area (Å²) in [5.74, 6) is -0.694. The second-order valence-electron chi connectivity index (χ2n) is 3.95. The number of carbonyl (C=O) groups excluding carboxylic acids is 2. The molecule has 0 saturated heterocycles. The summed E-state index contributed by atoms with van der Waals surface area (Å²) in [4.78, 5) is 28.9. The number of hydrogen-bond donors (Lipinski definition) is 3. The number of primary amides is 1. The van der Waals surface area contributed by atoms with E-state index in [1.165, 1.54) is 16.2 Å². The number of aromatic nitrogens is 1. The van der Waals surface area contributed by atoms with Crippen molar-refractivity contribution in [2.75, 3.05) is 30.7 Å². The van der Waals surface area contributed by atoms with Crippen molar-refractivity contribution in [1.82, 2.24) is 9.88 Å². The molecule has 0 aromatic carbocycles. The number of anilines is 2. The molecule has 19 heavy (non-hydrogen) atoms. The normalized spacial score (nSPS) is 10.2. The second kappa shape index (κ2) is 6.93. The Kier molecular flexibility index (Phi) is 5.56. The summed E-state index contributed by atoms with van der Waals surface area (Å²) in [5.41, 5.74) is 10.8. The van der Waals surface area contributed by atoms with Gasteiger partial charge in [0, 0.05) is 13.1 Å². The summed E-state index contributed by atoms with van der Waals surface area (Å²) in [7, 11) is 0. The second-order valence-corrected chi connectivity index (χ2v) is 4.94. The van der Waals surface area contributed by atoms with Crippen LogP contribution < -0.4 is 16.8 Å². The molecule has 7 nitrogen and oxygen atoms in total. The monoisotopic (exact) mass is 285 g/mol. The first kappa shape index (κ1) is 15.2. The molecular formula is C11H19N5O2S. The molecule has 0 atom stereocenters. The molecule has 0 unspecified atom stereocenters. The summed E-state index contributed by atoms with van der Waals surface area (Å²) >= 11 is 1.19. The van der Waals surface area contributed by atoms with Gasteiger partial charge in [-0.3, -0.25) is 9.59 Å². The van der Waals surface area contributed by atoms with Crippen LogP contribution in [-0.2, 0) is 4.79 Å².